The summed E-state index contributed by atoms with van der Waals surface area (Å²) in [6, 6.07) is 0. The molecule has 0 aromatic rings. The molecular weight excluding hydrogens is 115 g/mol. The molecule has 0 fully saturated rings. The lowest BCUT2D eigenvalue weighted by Gasteiger charge is -1.98. The zero-order valence-electron chi connectivity index (χ0n) is 6.08. The van der Waals surface area contributed by atoms with Crippen LogP contribution in [0.25, 0.3) is 0 Å². The van der Waals surface area contributed by atoms with Crippen molar-refractivity contribution in [2.24, 2.45) is 0 Å². The Morgan fingerprint density at radius 3 is 2.33 bits per heavy atom. The molecule has 0 aromatic heterocycles. The molecule has 0 bridgehead atoms. The van der Waals surface area contributed by atoms with Crippen LogP contribution in [0.15, 0.2) is 24.1 Å². The number of allylic oxidation sites excluding steroid dienone is 3. The fraction of sp³-hybridized carbons (Fsp3) is 0.500. The summed E-state index contributed by atoms with van der Waals surface area (Å²) in [6.45, 7) is 7.11. The van der Waals surface area contributed by atoms with Crippen LogP contribution >= 0.6 is 0 Å². The van der Waals surface area contributed by atoms with Crippen molar-refractivity contribution < 1.29 is 4.39 Å². The Morgan fingerprint density at radius 1 is 1.67 bits per heavy atom. The Morgan fingerprint density at radius 2 is 2.22 bits per heavy atom. The van der Waals surface area contributed by atoms with Crippen molar-refractivity contribution in [3.8, 4) is 0 Å². The van der Waals surface area contributed by atoms with E-state index in [4.69, 9.17) is 0 Å². The molecule has 9 heavy (non-hydrogen) atoms. The fourth-order valence-electron chi connectivity index (χ4n) is 0.678. The molecule has 0 atom stereocenters. The van der Waals surface area contributed by atoms with Gasteiger partial charge in [0.05, 0.1) is 5.83 Å². The number of hydrogen-bond donors (Lipinski definition) is 0. The quantitative estimate of drug-likeness (QED) is 0.512. The highest BCUT2D eigenvalue weighted by Crippen LogP contribution is 2.12. The lowest BCUT2D eigenvalue weighted by Crippen LogP contribution is -1.79. The fourth-order valence-corrected chi connectivity index (χ4v) is 0.678. The highest BCUT2D eigenvalue weighted by Gasteiger charge is 1.93. The molecule has 0 N–H and O–H groups in total. The van der Waals surface area contributed by atoms with Gasteiger partial charge in [-0.2, -0.15) is 0 Å². The first-order valence-corrected chi connectivity index (χ1v) is 3.18. The Kier molecular flexibility index (Phi) is 4.02. The third kappa shape index (κ3) is 3.95. The average Bonchev–Trinajstić information content (AvgIpc) is 1.82. The van der Waals surface area contributed by atoms with Gasteiger partial charge >= 0.3 is 0 Å². The maximum Gasteiger partial charge on any atom is 0.0968 e. The van der Waals surface area contributed by atoms with Crippen LogP contribution in [0.2, 0.25) is 0 Å². The van der Waals surface area contributed by atoms with E-state index in [0.717, 1.165) is 12.0 Å². The first kappa shape index (κ1) is 8.41. The summed E-state index contributed by atoms with van der Waals surface area (Å²) in [6.07, 6.45) is 3.26. The molecule has 0 aliphatic heterocycles. The van der Waals surface area contributed by atoms with Gasteiger partial charge in [0, 0.05) is 6.42 Å². The van der Waals surface area contributed by atoms with Crippen molar-refractivity contribution in [1.82, 2.24) is 0 Å². The number of halogens is 1. The highest BCUT2D eigenvalue weighted by molar-refractivity contribution is 5.06. The van der Waals surface area contributed by atoms with Gasteiger partial charge in [0.2, 0.25) is 0 Å². The van der Waals surface area contributed by atoms with Gasteiger partial charge in [0.25, 0.3) is 0 Å². The molecule has 0 saturated heterocycles. The summed E-state index contributed by atoms with van der Waals surface area (Å²) in [7, 11) is 0. The summed E-state index contributed by atoms with van der Waals surface area (Å²) in [5.41, 5.74) is 1.11. The summed E-state index contributed by atoms with van der Waals surface area (Å²) in [5.74, 6) is -0.245. The van der Waals surface area contributed by atoms with Crippen molar-refractivity contribution in [3.05, 3.63) is 24.1 Å². The molecule has 0 radical (unpaired) electrons. The van der Waals surface area contributed by atoms with Crippen LogP contribution in [0.4, 0.5) is 4.39 Å². The summed E-state index contributed by atoms with van der Waals surface area (Å²) < 4.78 is 12.1. The van der Waals surface area contributed by atoms with Gasteiger partial charge in [-0.05, 0) is 13.3 Å². The van der Waals surface area contributed by atoms with E-state index in [9.17, 15) is 4.39 Å². The van der Waals surface area contributed by atoms with Crippen LogP contribution in [-0.4, -0.2) is 0 Å². The van der Waals surface area contributed by atoms with E-state index in [0.29, 0.717) is 6.42 Å². The lowest BCUT2D eigenvalue weighted by atomic mass is 10.1. The number of hydrogen-bond acceptors (Lipinski definition) is 0. The highest BCUT2D eigenvalue weighted by atomic mass is 19.1. The van der Waals surface area contributed by atoms with E-state index in [-0.39, 0.29) is 5.83 Å². The second kappa shape index (κ2) is 4.30. The zero-order chi connectivity index (χ0) is 7.28. The van der Waals surface area contributed by atoms with Crippen LogP contribution in [0.5, 0.6) is 0 Å². The van der Waals surface area contributed by atoms with E-state index < -0.39 is 0 Å². The van der Waals surface area contributed by atoms with Crippen molar-refractivity contribution in [3.63, 3.8) is 0 Å². The molecule has 0 unspecified atom stereocenters. The zero-order valence-corrected chi connectivity index (χ0v) is 6.08. The van der Waals surface area contributed by atoms with Gasteiger partial charge in [0.15, 0.2) is 0 Å². The van der Waals surface area contributed by atoms with Crippen molar-refractivity contribution in [2.45, 2.75) is 26.7 Å². The largest absolute Gasteiger partial charge is 0.212 e. The Labute approximate surface area is 56.1 Å². The summed E-state index contributed by atoms with van der Waals surface area (Å²) in [5, 5.41) is 0. The van der Waals surface area contributed by atoms with Crippen molar-refractivity contribution in [1.29, 1.82) is 0 Å². The third-order valence-corrected chi connectivity index (χ3v) is 1.28. The molecule has 0 nitrogen and oxygen atoms in total. The third-order valence-electron chi connectivity index (χ3n) is 1.28. The van der Waals surface area contributed by atoms with E-state index >= 15 is 0 Å². The van der Waals surface area contributed by atoms with E-state index in [1.54, 1.807) is 0 Å². The maximum atomic E-state index is 12.1. The van der Waals surface area contributed by atoms with Crippen LogP contribution in [0, 0.1) is 0 Å². The van der Waals surface area contributed by atoms with E-state index in [2.05, 4.69) is 6.58 Å². The molecule has 0 amide bonds. The minimum Gasteiger partial charge on any atom is -0.212 e. The molecule has 0 aliphatic rings. The topological polar surface area (TPSA) is 0 Å². The van der Waals surface area contributed by atoms with Crippen LogP contribution in [0.3, 0.4) is 0 Å². The molecule has 0 spiro atoms. The van der Waals surface area contributed by atoms with Crippen molar-refractivity contribution in [2.75, 3.05) is 0 Å². The molecule has 0 heterocycles. The normalized spacial score (nSPS) is 11.7. The molecule has 0 saturated carbocycles. The summed E-state index contributed by atoms with van der Waals surface area (Å²) >= 11 is 0. The van der Waals surface area contributed by atoms with E-state index in [1.165, 1.54) is 0 Å². The monoisotopic (exact) mass is 128 g/mol. The van der Waals surface area contributed by atoms with Gasteiger partial charge < -0.3 is 0 Å². The predicted molar refractivity (Wildman–Crippen MR) is 38.9 cm³/mol. The van der Waals surface area contributed by atoms with E-state index in [1.807, 2.05) is 19.9 Å². The van der Waals surface area contributed by atoms with Crippen LogP contribution < -0.4 is 0 Å². The second-order valence-electron chi connectivity index (χ2n) is 1.99. The Hall–Kier alpha value is -0.590. The van der Waals surface area contributed by atoms with Gasteiger partial charge in [-0.1, -0.05) is 25.2 Å². The lowest BCUT2D eigenvalue weighted by molar-refractivity contribution is 0.611. The molecule has 0 aliphatic carbocycles. The molecule has 1 heteroatoms. The first-order valence-electron chi connectivity index (χ1n) is 3.18. The van der Waals surface area contributed by atoms with Crippen molar-refractivity contribution >= 4 is 0 Å². The van der Waals surface area contributed by atoms with Crippen LogP contribution in [0.1, 0.15) is 26.7 Å². The molecular formula is C8H13F. The van der Waals surface area contributed by atoms with Crippen LogP contribution in [-0.2, 0) is 0 Å². The molecule has 52 valence electrons. The second-order valence-corrected chi connectivity index (χ2v) is 1.99. The molecule has 0 aromatic carbocycles. The number of rotatable bonds is 3. The van der Waals surface area contributed by atoms with Gasteiger partial charge in [-0.3, -0.25) is 0 Å². The predicted octanol–water partition coefficient (Wildman–Crippen LogP) is 3.22. The minimum absolute atomic E-state index is 0.245. The smallest absolute Gasteiger partial charge is 0.0968 e. The Balaban J connectivity index is 3.71. The minimum atomic E-state index is -0.245. The average molecular weight is 128 g/mol. The summed E-state index contributed by atoms with van der Waals surface area (Å²) in [4.78, 5) is 0. The van der Waals surface area contributed by atoms with Gasteiger partial charge in [0.1, 0.15) is 0 Å². The molecule has 0 rings (SSSR count). The Bertz CT molecular complexity index is 123. The van der Waals surface area contributed by atoms with Gasteiger partial charge in [-0.15, -0.1) is 0 Å². The first-order chi connectivity index (χ1) is 4.20. The maximum absolute atomic E-state index is 12.1. The SMILES string of the molecule is C=C(F)CC(=CC)CC. The van der Waals surface area contributed by atoms with Gasteiger partial charge in [-0.25, -0.2) is 4.39 Å². The standard InChI is InChI=1S/C8H13F/c1-4-8(5-2)6-7(3)9/h4H,3,5-6H2,1-2H3.